The predicted octanol–water partition coefficient (Wildman–Crippen LogP) is 2.39. The zero-order valence-electron chi connectivity index (χ0n) is 7.84. The molecule has 0 rings (SSSR count). The molecule has 0 amide bonds. The number of hydrogen-bond donors (Lipinski definition) is 1. The Labute approximate surface area is 74.6 Å². The average molecular weight is 176 g/mol. The zero-order valence-corrected chi connectivity index (χ0v) is 8.66. The quantitative estimate of drug-likeness (QED) is 0.627. The van der Waals surface area contributed by atoms with Crippen molar-refractivity contribution in [1.82, 2.24) is 0 Å². The lowest BCUT2D eigenvalue weighted by molar-refractivity contribution is 0.181. The van der Waals surface area contributed by atoms with Gasteiger partial charge < -0.3 is 5.11 Å². The van der Waals surface area contributed by atoms with Gasteiger partial charge >= 0.3 is 0 Å². The summed E-state index contributed by atoms with van der Waals surface area (Å²) < 4.78 is 0. The zero-order chi connectivity index (χ0) is 8.69. The molecule has 0 aliphatic rings. The van der Waals surface area contributed by atoms with Crippen LogP contribution in [0.1, 0.15) is 26.7 Å². The molecule has 0 spiro atoms. The smallest absolute Gasteiger partial charge is 0.0461 e. The second-order valence-electron chi connectivity index (χ2n) is 3.32. The molecule has 0 radical (unpaired) electrons. The van der Waals surface area contributed by atoms with Gasteiger partial charge in [0.2, 0.25) is 0 Å². The molecule has 0 aromatic heterocycles. The lowest BCUT2D eigenvalue weighted by Crippen LogP contribution is -2.13. The highest BCUT2D eigenvalue weighted by Gasteiger charge is 2.10. The Hall–Kier alpha value is 0.310. The SMILES string of the molecule is CSCCCC(CO)C(C)C. The fraction of sp³-hybridized carbons (Fsp3) is 1.00. The third-order valence-corrected chi connectivity index (χ3v) is 2.80. The molecule has 0 bridgehead atoms. The van der Waals surface area contributed by atoms with Crippen LogP contribution in [0.2, 0.25) is 0 Å². The molecule has 68 valence electrons. The summed E-state index contributed by atoms with van der Waals surface area (Å²) in [5.74, 6) is 2.37. The Bertz CT molecular complexity index is 83.6. The molecule has 1 nitrogen and oxygen atoms in total. The van der Waals surface area contributed by atoms with Crippen LogP contribution in [0.3, 0.4) is 0 Å². The van der Waals surface area contributed by atoms with Crippen LogP contribution in [0.25, 0.3) is 0 Å². The maximum absolute atomic E-state index is 8.99. The standard InChI is InChI=1S/C9H20OS/c1-8(2)9(7-10)5-4-6-11-3/h8-10H,4-7H2,1-3H3. The van der Waals surface area contributed by atoms with Crippen LogP contribution in [0.4, 0.5) is 0 Å². The monoisotopic (exact) mass is 176 g/mol. The number of hydrogen-bond acceptors (Lipinski definition) is 2. The van der Waals surface area contributed by atoms with Gasteiger partial charge in [-0.1, -0.05) is 13.8 Å². The first-order chi connectivity index (χ1) is 5.22. The van der Waals surface area contributed by atoms with Gasteiger partial charge in [-0.2, -0.15) is 11.8 Å². The van der Waals surface area contributed by atoms with Crippen LogP contribution in [-0.4, -0.2) is 23.7 Å². The van der Waals surface area contributed by atoms with Crippen molar-refractivity contribution in [3.05, 3.63) is 0 Å². The summed E-state index contributed by atoms with van der Waals surface area (Å²) in [6.45, 7) is 4.71. The Morgan fingerprint density at radius 1 is 1.36 bits per heavy atom. The Kier molecular flexibility index (Phi) is 7.18. The first-order valence-corrected chi connectivity index (χ1v) is 5.71. The summed E-state index contributed by atoms with van der Waals surface area (Å²) in [6.07, 6.45) is 4.54. The molecule has 2 heteroatoms. The van der Waals surface area contributed by atoms with Crippen LogP contribution in [0.5, 0.6) is 0 Å². The summed E-state index contributed by atoms with van der Waals surface area (Å²) in [5.41, 5.74) is 0. The second-order valence-corrected chi connectivity index (χ2v) is 4.31. The largest absolute Gasteiger partial charge is 0.396 e. The molecular formula is C9H20OS. The van der Waals surface area contributed by atoms with Gasteiger partial charge in [0.1, 0.15) is 0 Å². The van der Waals surface area contributed by atoms with Crippen molar-refractivity contribution in [3.63, 3.8) is 0 Å². The van der Waals surface area contributed by atoms with Crippen molar-refractivity contribution < 1.29 is 5.11 Å². The van der Waals surface area contributed by atoms with E-state index in [4.69, 9.17) is 5.11 Å². The van der Waals surface area contributed by atoms with E-state index in [1.807, 2.05) is 11.8 Å². The molecular weight excluding hydrogens is 156 g/mol. The van der Waals surface area contributed by atoms with E-state index in [9.17, 15) is 0 Å². The molecule has 1 atom stereocenters. The van der Waals surface area contributed by atoms with Crippen molar-refractivity contribution in [2.75, 3.05) is 18.6 Å². The summed E-state index contributed by atoms with van der Waals surface area (Å²) in [4.78, 5) is 0. The fourth-order valence-electron chi connectivity index (χ4n) is 1.13. The molecule has 0 heterocycles. The second kappa shape index (κ2) is 6.99. The molecule has 0 aliphatic carbocycles. The molecule has 0 saturated carbocycles. The number of aliphatic hydroxyl groups is 1. The van der Waals surface area contributed by atoms with Gasteiger partial charge in [-0.3, -0.25) is 0 Å². The van der Waals surface area contributed by atoms with Crippen molar-refractivity contribution in [3.8, 4) is 0 Å². The van der Waals surface area contributed by atoms with E-state index in [0.29, 0.717) is 18.4 Å². The van der Waals surface area contributed by atoms with Crippen molar-refractivity contribution >= 4 is 11.8 Å². The van der Waals surface area contributed by atoms with Crippen LogP contribution in [-0.2, 0) is 0 Å². The lowest BCUT2D eigenvalue weighted by atomic mass is 9.92. The van der Waals surface area contributed by atoms with Gasteiger partial charge in [0.25, 0.3) is 0 Å². The minimum atomic E-state index is 0.353. The molecule has 1 N–H and O–H groups in total. The topological polar surface area (TPSA) is 20.2 Å². The van der Waals surface area contributed by atoms with Gasteiger partial charge in [0, 0.05) is 6.61 Å². The van der Waals surface area contributed by atoms with Gasteiger partial charge in [-0.05, 0) is 36.7 Å². The Morgan fingerprint density at radius 3 is 2.36 bits per heavy atom. The third-order valence-electron chi connectivity index (χ3n) is 2.10. The highest BCUT2D eigenvalue weighted by Crippen LogP contribution is 2.17. The number of thioether (sulfide) groups is 1. The summed E-state index contributed by atoms with van der Waals surface area (Å²) in [6, 6.07) is 0. The minimum absolute atomic E-state index is 0.353. The van der Waals surface area contributed by atoms with Crippen molar-refractivity contribution in [2.45, 2.75) is 26.7 Å². The van der Waals surface area contributed by atoms with Crippen molar-refractivity contribution in [2.24, 2.45) is 11.8 Å². The van der Waals surface area contributed by atoms with E-state index in [1.165, 1.54) is 18.6 Å². The summed E-state index contributed by atoms with van der Waals surface area (Å²) in [5, 5.41) is 8.99. The highest BCUT2D eigenvalue weighted by atomic mass is 32.2. The third kappa shape index (κ3) is 5.57. The maximum Gasteiger partial charge on any atom is 0.0461 e. The van der Waals surface area contributed by atoms with Crippen LogP contribution in [0.15, 0.2) is 0 Å². The maximum atomic E-state index is 8.99. The number of rotatable bonds is 6. The van der Waals surface area contributed by atoms with Gasteiger partial charge in [-0.25, -0.2) is 0 Å². The van der Waals surface area contributed by atoms with Gasteiger partial charge in [0.15, 0.2) is 0 Å². The highest BCUT2D eigenvalue weighted by molar-refractivity contribution is 7.98. The minimum Gasteiger partial charge on any atom is -0.396 e. The van der Waals surface area contributed by atoms with Crippen LogP contribution in [0, 0.1) is 11.8 Å². The average Bonchev–Trinajstić information content (AvgIpc) is 1.97. The molecule has 0 saturated heterocycles. The van der Waals surface area contributed by atoms with Crippen LogP contribution < -0.4 is 0 Å². The van der Waals surface area contributed by atoms with E-state index in [2.05, 4.69) is 20.1 Å². The van der Waals surface area contributed by atoms with Crippen molar-refractivity contribution in [1.29, 1.82) is 0 Å². The number of aliphatic hydroxyl groups excluding tert-OH is 1. The van der Waals surface area contributed by atoms with E-state index in [0.717, 1.165) is 0 Å². The van der Waals surface area contributed by atoms with E-state index in [-0.39, 0.29) is 0 Å². The molecule has 1 unspecified atom stereocenters. The van der Waals surface area contributed by atoms with Crippen LogP contribution >= 0.6 is 11.8 Å². The van der Waals surface area contributed by atoms with E-state index < -0.39 is 0 Å². The fourth-order valence-corrected chi connectivity index (χ4v) is 1.58. The molecule has 0 aromatic carbocycles. The first-order valence-electron chi connectivity index (χ1n) is 4.32. The predicted molar refractivity (Wildman–Crippen MR) is 53.0 cm³/mol. The normalized spacial score (nSPS) is 13.9. The molecule has 0 fully saturated rings. The van der Waals surface area contributed by atoms with Gasteiger partial charge in [-0.15, -0.1) is 0 Å². The van der Waals surface area contributed by atoms with E-state index in [1.54, 1.807) is 0 Å². The molecule has 0 aromatic rings. The van der Waals surface area contributed by atoms with E-state index >= 15 is 0 Å². The Balaban J connectivity index is 3.36. The van der Waals surface area contributed by atoms with Gasteiger partial charge in [0.05, 0.1) is 0 Å². The lowest BCUT2D eigenvalue weighted by Gasteiger charge is -2.17. The first kappa shape index (κ1) is 11.3. The molecule has 0 aliphatic heterocycles. The summed E-state index contributed by atoms with van der Waals surface area (Å²) in [7, 11) is 0. The Morgan fingerprint density at radius 2 is 2.00 bits per heavy atom. The molecule has 11 heavy (non-hydrogen) atoms. The summed E-state index contributed by atoms with van der Waals surface area (Å²) >= 11 is 1.88.